The van der Waals surface area contributed by atoms with E-state index in [0.29, 0.717) is 16.8 Å². The van der Waals surface area contributed by atoms with Crippen molar-refractivity contribution >= 4 is 34.1 Å². The van der Waals surface area contributed by atoms with Crippen molar-refractivity contribution in [3.63, 3.8) is 0 Å². The number of hydrogen-bond acceptors (Lipinski definition) is 5. The Morgan fingerprint density at radius 1 is 1.00 bits per heavy atom. The van der Waals surface area contributed by atoms with E-state index in [1.54, 1.807) is 47.6 Å². The first-order valence-corrected chi connectivity index (χ1v) is 12.6. The SMILES string of the molecule is Cc1nc(C(=O)N(CCNC(=O)c2cccc3occc23)Cc2ccc(F)cc2)c(-c2ccccc2)s1. The predicted molar refractivity (Wildman–Crippen MR) is 142 cm³/mol. The highest BCUT2D eigenvalue weighted by Crippen LogP contribution is 2.31. The highest BCUT2D eigenvalue weighted by atomic mass is 32.1. The third-order valence-electron chi connectivity index (χ3n) is 5.95. The summed E-state index contributed by atoms with van der Waals surface area (Å²) >= 11 is 1.46. The van der Waals surface area contributed by atoms with Crippen LogP contribution in [0.25, 0.3) is 21.4 Å². The molecule has 186 valence electrons. The fourth-order valence-electron chi connectivity index (χ4n) is 4.16. The minimum Gasteiger partial charge on any atom is -0.464 e. The number of nitrogens with zero attached hydrogens (tertiary/aromatic N) is 2. The van der Waals surface area contributed by atoms with E-state index in [1.807, 2.05) is 37.3 Å². The standard InChI is InChI=1S/C29H24FN3O3S/c1-19-32-26(27(37-19)21-6-3-2-4-7-21)29(35)33(18-20-10-12-22(30)13-11-20)16-15-31-28(34)24-8-5-9-25-23(24)14-17-36-25/h2-14,17H,15-16,18H2,1H3,(H,31,34). The number of rotatable bonds is 8. The summed E-state index contributed by atoms with van der Waals surface area (Å²) in [7, 11) is 0. The topological polar surface area (TPSA) is 75.4 Å². The lowest BCUT2D eigenvalue weighted by atomic mass is 10.1. The minimum absolute atomic E-state index is 0.226. The van der Waals surface area contributed by atoms with Gasteiger partial charge in [0.05, 0.1) is 21.7 Å². The van der Waals surface area contributed by atoms with Gasteiger partial charge < -0.3 is 14.6 Å². The number of hydrogen-bond donors (Lipinski definition) is 1. The number of nitrogens with one attached hydrogen (secondary N) is 1. The maximum atomic E-state index is 13.8. The number of furan rings is 1. The molecule has 37 heavy (non-hydrogen) atoms. The molecule has 0 bridgehead atoms. The van der Waals surface area contributed by atoms with E-state index in [2.05, 4.69) is 10.3 Å². The molecule has 0 atom stereocenters. The number of benzene rings is 3. The number of aryl methyl sites for hydroxylation is 1. The van der Waals surface area contributed by atoms with Crippen molar-refractivity contribution < 1.29 is 18.4 Å². The molecule has 6 nitrogen and oxygen atoms in total. The molecule has 1 N–H and O–H groups in total. The third kappa shape index (κ3) is 5.44. The molecule has 2 heterocycles. The van der Waals surface area contributed by atoms with Gasteiger partial charge in [-0.1, -0.05) is 48.5 Å². The first kappa shape index (κ1) is 24.4. The van der Waals surface area contributed by atoms with Gasteiger partial charge in [-0.3, -0.25) is 9.59 Å². The highest BCUT2D eigenvalue weighted by molar-refractivity contribution is 7.15. The van der Waals surface area contributed by atoms with Gasteiger partial charge in [0.2, 0.25) is 0 Å². The van der Waals surface area contributed by atoms with Gasteiger partial charge in [0, 0.05) is 25.0 Å². The van der Waals surface area contributed by atoms with Gasteiger partial charge in [-0.2, -0.15) is 0 Å². The molecule has 0 radical (unpaired) electrons. The van der Waals surface area contributed by atoms with Crippen molar-refractivity contribution in [1.29, 1.82) is 0 Å². The normalized spacial score (nSPS) is 11.0. The molecule has 0 saturated heterocycles. The molecule has 3 aromatic carbocycles. The van der Waals surface area contributed by atoms with Gasteiger partial charge in [-0.05, 0) is 48.4 Å². The Labute approximate surface area is 217 Å². The van der Waals surface area contributed by atoms with Gasteiger partial charge in [-0.25, -0.2) is 9.37 Å². The van der Waals surface area contributed by atoms with Crippen molar-refractivity contribution in [2.24, 2.45) is 0 Å². The molecule has 5 aromatic rings. The lowest BCUT2D eigenvalue weighted by molar-refractivity contribution is 0.0732. The predicted octanol–water partition coefficient (Wildman–Crippen LogP) is 6.08. The van der Waals surface area contributed by atoms with Crippen LogP contribution in [-0.2, 0) is 6.54 Å². The molecule has 0 fully saturated rings. The van der Waals surface area contributed by atoms with Gasteiger partial charge >= 0.3 is 0 Å². The van der Waals surface area contributed by atoms with Crippen LogP contribution in [0.5, 0.6) is 0 Å². The van der Waals surface area contributed by atoms with Gasteiger partial charge in [0.25, 0.3) is 11.8 Å². The van der Waals surface area contributed by atoms with E-state index in [4.69, 9.17) is 4.42 Å². The second kappa shape index (κ2) is 10.8. The van der Waals surface area contributed by atoms with Crippen molar-refractivity contribution in [1.82, 2.24) is 15.2 Å². The highest BCUT2D eigenvalue weighted by Gasteiger charge is 2.24. The minimum atomic E-state index is -0.344. The average Bonchev–Trinajstić information content (AvgIpc) is 3.56. The number of carbonyl (C=O) groups is 2. The summed E-state index contributed by atoms with van der Waals surface area (Å²) in [6, 6.07) is 22.8. The number of carbonyl (C=O) groups excluding carboxylic acids is 2. The first-order valence-electron chi connectivity index (χ1n) is 11.8. The Kier molecular flexibility index (Phi) is 7.09. The molecule has 0 aliphatic rings. The summed E-state index contributed by atoms with van der Waals surface area (Å²) in [6.07, 6.45) is 1.55. The van der Waals surface area contributed by atoms with Crippen molar-refractivity contribution in [3.8, 4) is 10.4 Å². The molecular formula is C29H24FN3O3S. The Morgan fingerprint density at radius 2 is 1.78 bits per heavy atom. The zero-order chi connectivity index (χ0) is 25.8. The molecule has 0 aliphatic carbocycles. The van der Waals surface area contributed by atoms with Gasteiger partial charge in [0.1, 0.15) is 17.1 Å². The smallest absolute Gasteiger partial charge is 0.274 e. The summed E-state index contributed by atoms with van der Waals surface area (Å²) in [5, 5.41) is 4.42. The van der Waals surface area contributed by atoms with Gasteiger partial charge in [-0.15, -0.1) is 11.3 Å². The number of aromatic nitrogens is 1. The molecule has 2 amide bonds. The summed E-state index contributed by atoms with van der Waals surface area (Å²) in [5.41, 5.74) is 3.19. The molecular weight excluding hydrogens is 489 g/mol. The summed E-state index contributed by atoms with van der Waals surface area (Å²) in [4.78, 5) is 33.7. The van der Waals surface area contributed by atoms with E-state index in [1.165, 1.54) is 23.5 Å². The summed E-state index contributed by atoms with van der Waals surface area (Å²) in [6.45, 7) is 2.59. The van der Waals surface area contributed by atoms with Crippen molar-refractivity contribution in [3.05, 3.63) is 113 Å². The Balaban J connectivity index is 1.37. The third-order valence-corrected chi connectivity index (χ3v) is 6.97. The zero-order valence-corrected chi connectivity index (χ0v) is 20.9. The van der Waals surface area contributed by atoms with Crippen LogP contribution in [0.1, 0.15) is 31.4 Å². The number of amides is 2. The van der Waals surface area contributed by atoms with Crippen LogP contribution in [0.15, 0.2) is 89.5 Å². The molecule has 2 aromatic heterocycles. The van der Waals surface area contributed by atoms with E-state index in [-0.39, 0.29) is 37.3 Å². The fraction of sp³-hybridized carbons (Fsp3) is 0.138. The maximum absolute atomic E-state index is 13.8. The van der Waals surface area contributed by atoms with Crippen LogP contribution < -0.4 is 5.32 Å². The van der Waals surface area contributed by atoms with E-state index >= 15 is 0 Å². The second-order valence-corrected chi connectivity index (χ2v) is 9.73. The zero-order valence-electron chi connectivity index (χ0n) is 20.1. The summed E-state index contributed by atoms with van der Waals surface area (Å²) < 4.78 is 18.9. The number of thiazole rings is 1. The lowest BCUT2D eigenvalue weighted by Gasteiger charge is -2.23. The quantitative estimate of drug-likeness (QED) is 0.273. The number of fused-ring (bicyclic) bond motifs is 1. The Morgan fingerprint density at radius 3 is 2.57 bits per heavy atom. The molecule has 0 unspecified atom stereocenters. The van der Waals surface area contributed by atoms with Gasteiger partial charge in [0.15, 0.2) is 0 Å². The van der Waals surface area contributed by atoms with Crippen LogP contribution in [0.2, 0.25) is 0 Å². The van der Waals surface area contributed by atoms with Crippen LogP contribution in [-0.4, -0.2) is 34.8 Å². The van der Waals surface area contributed by atoms with Crippen LogP contribution >= 0.6 is 11.3 Å². The monoisotopic (exact) mass is 513 g/mol. The Bertz CT molecular complexity index is 1540. The molecule has 8 heteroatoms. The van der Waals surface area contributed by atoms with Crippen molar-refractivity contribution in [2.45, 2.75) is 13.5 Å². The fourth-order valence-corrected chi connectivity index (χ4v) is 5.08. The first-order chi connectivity index (χ1) is 18.0. The van der Waals surface area contributed by atoms with Crippen molar-refractivity contribution in [2.75, 3.05) is 13.1 Å². The molecule has 5 rings (SSSR count). The van der Waals surface area contributed by atoms with E-state index in [9.17, 15) is 14.0 Å². The largest absolute Gasteiger partial charge is 0.464 e. The van der Waals surface area contributed by atoms with Crippen LogP contribution in [0.3, 0.4) is 0 Å². The van der Waals surface area contributed by atoms with E-state index in [0.717, 1.165) is 26.4 Å². The molecule has 0 spiro atoms. The van der Waals surface area contributed by atoms with Crippen LogP contribution in [0.4, 0.5) is 4.39 Å². The Hall–Kier alpha value is -4.30. The molecule has 0 aliphatic heterocycles. The average molecular weight is 514 g/mol. The van der Waals surface area contributed by atoms with Crippen LogP contribution in [0, 0.1) is 12.7 Å². The molecule has 0 saturated carbocycles. The maximum Gasteiger partial charge on any atom is 0.274 e. The number of halogens is 1. The van der Waals surface area contributed by atoms with E-state index < -0.39 is 0 Å². The summed E-state index contributed by atoms with van der Waals surface area (Å²) in [5.74, 6) is -0.849. The second-order valence-electron chi connectivity index (χ2n) is 8.52. The lowest BCUT2D eigenvalue weighted by Crippen LogP contribution is -2.38.